The van der Waals surface area contributed by atoms with Crippen molar-refractivity contribution < 1.29 is 26.7 Å². The fourth-order valence-corrected chi connectivity index (χ4v) is 3.33. The Morgan fingerprint density at radius 3 is 2.44 bits per heavy atom. The quantitative estimate of drug-likeness (QED) is 0.608. The van der Waals surface area contributed by atoms with Gasteiger partial charge in [-0.2, -0.15) is 4.39 Å². The smallest absolute Gasteiger partial charge is 0.254 e. The van der Waals surface area contributed by atoms with E-state index in [1.54, 1.807) is 0 Å². The van der Waals surface area contributed by atoms with Crippen molar-refractivity contribution in [3.63, 3.8) is 0 Å². The van der Waals surface area contributed by atoms with Crippen LogP contribution in [0.5, 0.6) is 0 Å². The number of aromatic nitrogens is 1. The summed E-state index contributed by atoms with van der Waals surface area (Å²) in [6, 6.07) is 4.19. The third-order valence-electron chi connectivity index (χ3n) is 4.80. The van der Waals surface area contributed by atoms with Crippen molar-refractivity contribution in [3.05, 3.63) is 65.2 Å². The maximum atomic E-state index is 13.9. The largest absolute Gasteiger partial charge is 0.345 e. The van der Waals surface area contributed by atoms with Crippen molar-refractivity contribution in [1.82, 2.24) is 10.3 Å². The molecule has 3 nitrogen and oxygen atoms in total. The molecule has 1 heterocycles. The summed E-state index contributed by atoms with van der Waals surface area (Å²) in [7, 11) is 0. The van der Waals surface area contributed by atoms with Gasteiger partial charge in [-0.3, -0.25) is 4.79 Å². The molecule has 1 amide bonds. The van der Waals surface area contributed by atoms with Crippen LogP contribution in [0.2, 0.25) is 0 Å². The second-order valence-corrected chi connectivity index (χ2v) is 6.68. The van der Waals surface area contributed by atoms with E-state index in [0.29, 0.717) is 5.56 Å². The maximum Gasteiger partial charge on any atom is 0.254 e. The monoisotopic (exact) mass is 384 g/mol. The molecule has 0 spiro atoms. The molecule has 1 fully saturated rings. The molecule has 2 aromatic rings. The molecule has 1 atom stereocenters. The first-order chi connectivity index (χ1) is 12.7. The van der Waals surface area contributed by atoms with Gasteiger partial charge < -0.3 is 5.32 Å². The van der Waals surface area contributed by atoms with Crippen molar-refractivity contribution in [1.29, 1.82) is 0 Å². The molecule has 1 aromatic carbocycles. The summed E-state index contributed by atoms with van der Waals surface area (Å²) in [5, 5.41) is 2.58. The van der Waals surface area contributed by atoms with Crippen molar-refractivity contribution in [2.45, 2.75) is 37.6 Å². The van der Waals surface area contributed by atoms with Gasteiger partial charge in [0.15, 0.2) is 0 Å². The average Bonchev–Trinajstić information content (AvgIpc) is 2.63. The molecule has 3 rings (SSSR count). The number of carbonyl (C=O) groups excluding carboxylic acids is 1. The number of nitrogens with one attached hydrogen (secondary N) is 1. The summed E-state index contributed by atoms with van der Waals surface area (Å²) < 4.78 is 67.3. The van der Waals surface area contributed by atoms with Crippen LogP contribution in [0, 0.1) is 23.5 Å². The van der Waals surface area contributed by atoms with Crippen LogP contribution in [0.1, 0.15) is 47.6 Å². The fourth-order valence-electron chi connectivity index (χ4n) is 3.33. The molecule has 0 saturated heterocycles. The van der Waals surface area contributed by atoms with Gasteiger partial charge in [-0.1, -0.05) is 6.07 Å². The Hall–Kier alpha value is -2.51. The number of nitrogens with zero attached hydrogens (tertiary/aromatic N) is 1. The van der Waals surface area contributed by atoms with Crippen molar-refractivity contribution in [3.8, 4) is 0 Å². The van der Waals surface area contributed by atoms with Crippen molar-refractivity contribution in [2.24, 2.45) is 5.92 Å². The highest BCUT2D eigenvalue weighted by atomic mass is 19.3. The van der Waals surface area contributed by atoms with Crippen LogP contribution in [0.3, 0.4) is 0 Å². The third-order valence-corrected chi connectivity index (χ3v) is 4.80. The molecule has 144 valence electrons. The van der Waals surface area contributed by atoms with E-state index in [9.17, 15) is 26.7 Å². The molecule has 1 saturated carbocycles. The Bertz CT molecular complexity index is 815. The zero-order chi connectivity index (χ0) is 19.6. The Morgan fingerprint density at radius 1 is 1.11 bits per heavy atom. The van der Waals surface area contributed by atoms with Gasteiger partial charge in [0.25, 0.3) is 5.91 Å². The Morgan fingerprint density at radius 2 is 1.81 bits per heavy atom. The Kier molecular flexibility index (Phi) is 5.43. The van der Waals surface area contributed by atoms with E-state index in [0.717, 1.165) is 24.3 Å². The topological polar surface area (TPSA) is 42.0 Å². The minimum absolute atomic E-state index is 0.126. The van der Waals surface area contributed by atoms with Gasteiger partial charge in [0.2, 0.25) is 11.9 Å². The lowest BCUT2D eigenvalue weighted by molar-refractivity contribution is -0.0494. The molecule has 8 heteroatoms. The predicted molar refractivity (Wildman–Crippen MR) is 87.7 cm³/mol. The standard InChI is InChI=1S/C19H17F5N2O/c20-13-2-3-15(21)14(9-13)18(27)26-17(12-1-4-16(22)25-10-12)11-5-7-19(23,24)8-6-11/h1-4,9-11,17H,5-8H2,(H,26,27). The van der Waals surface area contributed by atoms with Gasteiger partial charge in [0.1, 0.15) is 11.6 Å². The second-order valence-electron chi connectivity index (χ2n) is 6.68. The number of rotatable bonds is 4. The summed E-state index contributed by atoms with van der Waals surface area (Å²) in [6.45, 7) is 0. The van der Waals surface area contributed by atoms with Gasteiger partial charge in [-0.05, 0) is 48.6 Å². The molecule has 1 aliphatic rings. The molecule has 27 heavy (non-hydrogen) atoms. The lowest BCUT2D eigenvalue weighted by Crippen LogP contribution is -2.37. The zero-order valence-electron chi connectivity index (χ0n) is 14.2. The number of hydrogen-bond acceptors (Lipinski definition) is 2. The summed E-state index contributed by atoms with van der Waals surface area (Å²) in [5.41, 5.74) is -0.0759. The molecular weight excluding hydrogens is 367 g/mol. The molecule has 1 unspecified atom stereocenters. The summed E-state index contributed by atoms with van der Waals surface area (Å²) in [5.74, 6) is -6.41. The lowest BCUT2D eigenvalue weighted by atomic mass is 9.80. The summed E-state index contributed by atoms with van der Waals surface area (Å²) in [6.07, 6.45) is 0.775. The Balaban J connectivity index is 1.86. The molecule has 0 aliphatic heterocycles. The second kappa shape index (κ2) is 7.62. The number of pyridine rings is 1. The number of halogens is 5. The number of benzene rings is 1. The maximum absolute atomic E-state index is 13.9. The van der Waals surface area contributed by atoms with Gasteiger partial charge in [0, 0.05) is 19.0 Å². The highest BCUT2D eigenvalue weighted by molar-refractivity contribution is 5.94. The highest BCUT2D eigenvalue weighted by Gasteiger charge is 2.38. The normalized spacial score (nSPS) is 18.1. The number of carbonyl (C=O) groups is 1. The summed E-state index contributed by atoms with van der Waals surface area (Å²) in [4.78, 5) is 16.0. The fraction of sp³-hybridized carbons (Fsp3) is 0.368. The van der Waals surface area contributed by atoms with Crippen LogP contribution in [0.4, 0.5) is 22.0 Å². The zero-order valence-corrected chi connectivity index (χ0v) is 14.2. The first-order valence-corrected chi connectivity index (χ1v) is 8.50. The van der Waals surface area contributed by atoms with E-state index in [-0.39, 0.29) is 31.6 Å². The van der Waals surface area contributed by atoms with E-state index in [1.807, 2.05) is 0 Å². The number of alkyl halides is 2. The first-order valence-electron chi connectivity index (χ1n) is 8.50. The van der Waals surface area contributed by atoms with E-state index in [1.165, 1.54) is 12.3 Å². The van der Waals surface area contributed by atoms with Crippen molar-refractivity contribution >= 4 is 5.91 Å². The molecular formula is C19H17F5N2O. The molecule has 1 aromatic heterocycles. The first kappa shape index (κ1) is 19.3. The lowest BCUT2D eigenvalue weighted by Gasteiger charge is -2.34. The van der Waals surface area contributed by atoms with Gasteiger partial charge >= 0.3 is 0 Å². The Labute approximate surface area is 152 Å². The average molecular weight is 384 g/mol. The molecule has 0 radical (unpaired) electrons. The van der Waals surface area contributed by atoms with Crippen LogP contribution in [0.15, 0.2) is 36.5 Å². The predicted octanol–water partition coefficient (Wildman–Crippen LogP) is 4.80. The minimum atomic E-state index is -2.76. The van der Waals surface area contributed by atoms with Crippen LogP contribution in [0.25, 0.3) is 0 Å². The van der Waals surface area contributed by atoms with Gasteiger partial charge in [-0.25, -0.2) is 22.5 Å². The van der Waals surface area contributed by atoms with Crippen molar-refractivity contribution in [2.75, 3.05) is 0 Å². The SMILES string of the molecule is O=C(NC(c1ccc(F)nc1)C1CCC(F)(F)CC1)c1cc(F)ccc1F. The molecule has 1 N–H and O–H groups in total. The van der Waals surface area contributed by atoms with E-state index >= 15 is 0 Å². The number of amides is 1. The van der Waals surface area contributed by atoms with Gasteiger partial charge in [-0.15, -0.1) is 0 Å². The van der Waals surface area contributed by atoms with E-state index in [4.69, 9.17) is 0 Å². The van der Waals surface area contributed by atoms with Crippen LogP contribution in [-0.2, 0) is 0 Å². The van der Waals surface area contributed by atoms with Crippen LogP contribution in [-0.4, -0.2) is 16.8 Å². The van der Waals surface area contributed by atoms with Crippen LogP contribution < -0.4 is 5.32 Å². The van der Waals surface area contributed by atoms with E-state index in [2.05, 4.69) is 10.3 Å². The minimum Gasteiger partial charge on any atom is -0.345 e. The third kappa shape index (κ3) is 4.61. The van der Waals surface area contributed by atoms with E-state index < -0.39 is 41.0 Å². The summed E-state index contributed by atoms with van der Waals surface area (Å²) >= 11 is 0. The molecule has 0 bridgehead atoms. The van der Waals surface area contributed by atoms with Crippen LogP contribution >= 0.6 is 0 Å². The highest BCUT2D eigenvalue weighted by Crippen LogP contribution is 2.41. The number of hydrogen-bond donors (Lipinski definition) is 1. The molecule has 1 aliphatic carbocycles. The van der Waals surface area contributed by atoms with Gasteiger partial charge in [0.05, 0.1) is 11.6 Å².